The van der Waals surface area contributed by atoms with Crippen LogP contribution in [0, 0.1) is 5.92 Å². The maximum Gasteiger partial charge on any atom is 0.227 e. The molecular formula is C18H21N3OS. The van der Waals surface area contributed by atoms with Gasteiger partial charge in [0.05, 0.1) is 5.92 Å². The molecule has 23 heavy (non-hydrogen) atoms. The zero-order chi connectivity index (χ0) is 15.6. The number of thiazole rings is 1. The quantitative estimate of drug-likeness (QED) is 0.851. The van der Waals surface area contributed by atoms with Crippen molar-refractivity contribution >= 4 is 22.4 Å². The SMILES string of the molecule is O=C(C1CCCN(c2nccs2)C1)N1CCc2ccccc2C1. The lowest BCUT2D eigenvalue weighted by molar-refractivity contribution is -0.136. The maximum absolute atomic E-state index is 13.0. The minimum atomic E-state index is 0.109. The van der Waals surface area contributed by atoms with E-state index in [-0.39, 0.29) is 5.92 Å². The number of fused-ring (bicyclic) bond motifs is 1. The predicted molar refractivity (Wildman–Crippen MR) is 92.6 cm³/mol. The Bertz CT molecular complexity index is 685. The van der Waals surface area contributed by atoms with Gasteiger partial charge in [0.1, 0.15) is 0 Å². The zero-order valence-corrected chi connectivity index (χ0v) is 14.0. The molecular weight excluding hydrogens is 306 g/mol. The number of anilines is 1. The predicted octanol–water partition coefficient (Wildman–Crippen LogP) is 2.94. The molecule has 1 fully saturated rings. The third-order valence-corrected chi connectivity index (χ3v) is 5.73. The van der Waals surface area contributed by atoms with Crippen molar-refractivity contribution in [3.05, 3.63) is 47.0 Å². The van der Waals surface area contributed by atoms with E-state index in [9.17, 15) is 4.79 Å². The minimum Gasteiger partial charge on any atom is -0.347 e. The van der Waals surface area contributed by atoms with E-state index >= 15 is 0 Å². The topological polar surface area (TPSA) is 36.4 Å². The summed E-state index contributed by atoms with van der Waals surface area (Å²) >= 11 is 1.66. The fourth-order valence-corrected chi connectivity index (χ4v) is 4.35. The second-order valence-corrected chi connectivity index (χ2v) is 7.25. The number of benzene rings is 1. The van der Waals surface area contributed by atoms with Crippen molar-refractivity contribution < 1.29 is 4.79 Å². The van der Waals surface area contributed by atoms with E-state index < -0.39 is 0 Å². The molecule has 0 spiro atoms. The number of carbonyl (C=O) groups excluding carboxylic acids is 1. The van der Waals surface area contributed by atoms with Crippen LogP contribution in [-0.4, -0.2) is 35.4 Å². The van der Waals surface area contributed by atoms with E-state index in [1.165, 1.54) is 11.1 Å². The third kappa shape index (κ3) is 2.98. The molecule has 0 saturated carbocycles. The first-order valence-corrected chi connectivity index (χ1v) is 9.19. The minimum absolute atomic E-state index is 0.109. The largest absolute Gasteiger partial charge is 0.347 e. The number of rotatable bonds is 2. The Balaban J connectivity index is 1.45. The van der Waals surface area contributed by atoms with Gasteiger partial charge in [-0.15, -0.1) is 11.3 Å². The van der Waals surface area contributed by atoms with Gasteiger partial charge >= 0.3 is 0 Å². The van der Waals surface area contributed by atoms with Gasteiger partial charge in [0.25, 0.3) is 0 Å². The number of hydrogen-bond acceptors (Lipinski definition) is 4. The number of hydrogen-bond donors (Lipinski definition) is 0. The second kappa shape index (κ2) is 6.32. The molecule has 0 N–H and O–H groups in total. The summed E-state index contributed by atoms with van der Waals surface area (Å²) in [4.78, 5) is 21.7. The average Bonchev–Trinajstić information content (AvgIpc) is 3.15. The van der Waals surface area contributed by atoms with Gasteiger partial charge < -0.3 is 9.80 Å². The Hall–Kier alpha value is -1.88. The van der Waals surface area contributed by atoms with Crippen LogP contribution in [0.15, 0.2) is 35.8 Å². The fraction of sp³-hybridized carbons (Fsp3) is 0.444. The van der Waals surface area contributed by atoms with Crippen molar-refractivity contribution in [3.63, 3.8) is 0 Å². The van der Waals surface area contributed by atoms with E-state index in [1.807, 2.05) is 11.6 Å². The van der Waals surface area contributed by atoms with Gasteiger partial charge in [0, 0.05) is 37.8 Å². The van der Waals surface area contributed by atoms with Crippen LogP contribution in [0.2, 0.25) is 0 Å². The highest BCUT2D eigenvalue weighted by Gasteiger charge is 2.31. The molecule has 0 bridgehead atoms. The molecule has 3 heterocycles. The van der Waals surface area contributed by atoms with Crippen molar-refractivity contribution in [1.29, 1.82) is 0 Å². The van der Waals surface area contributed by atoms with Gasteiger partial charge in [-0.05, 0) is 30.4 Å². The molecule has 0 radical (unpaired) electrons. The summed E-state index contributed by atoms with van der Waals surface area (Å²) in [7, 11) is 0. The first kappa shape index (κ1) is 14.7. The molecule has 1 aromatic carbocycles. The first-order valence-electron chi connectivity index (χ1n) is 8.31. The van der Waals surface area contributed by atoms with Crippen molar-refractivity contribution in [2.24, 2.45) is 5.92 Å². The number of amides is 1. The van der Waals surface area contributed by atoms with Gasteiger partial charge in [0.2, 0.25) is 5.91 Å². The lowest BCUT2D eigenvalue weighted by Crippen LogP contribution is -2.46. The number of piperidine rings is 1. The normalized spacial score (nSPS) is 21.1. The monoisotopic (exact) mass is 327 g/mol. The van der Waals surface area contributed by atoms with Gasteiger partial charge in [-0.1, -0.05) is 24.3 Å². The fourth-order valence-electron chi connectivity index (χ4n) is 3.67. The summed E-state index contributed by atoms with van der Waals surface area (Å²) in [6, 6.07) is 8.49. The summed E-state index contributed by atoms with van der Waals surface area (Å²) < 4.78 is 0. The summed E-state index contributed by atoms with van der Waals surface area (Å²) in [5.41, 5.74) is 2.70. The molecule has 2 aliphatic rings. The van der Waals surface area contributed by atoms with Gasteiger partial charge in [0.15, 0.2) is 5.13 Å². The van der Waals surface area contributed by atoms with Gasteiger partial charge in [-0.2, -0.15) is 0 Å². The van der Waals surface area contributed by atoms with Crippen molar-refractivity contribution in [1.82, 2.24) is 9.88 Å². The highest BCUT2D eigenvalue weighted by Crippen LogP contribution is 2.27. The molecule has 1 aromatic heterocycles. The standard InChI is InChI=1S/C18H21N3OS/c22-17(20-10-7-14-4-1-2-5-15(14)12-20)16-6-3-9-21(13-16)18-19-8-11-23-18/h1-2,4-5,8,11,16H,3,6-7,9-10,12-13H2. The summed E-state index contributed by atoms with van der Waals surface area (Å²) in [6.07, 6.45) is 4.89. The Morgan fingerprint density at radius 3 is 2.91 bits per heavy atom. The van der Waals surface area contributed by atoms with Crippen LogP contribution in [0.3, 0.4) is 0 Å². The molecule has 2 aromatic rings. The zero-order valence-electron chi connectivity index (χ0n) is 13.1. The number of carbonyl (C=O) groups is 1. The van der Waals surface area contributed by atoms with E-state index in [1.54, 1.807) is 11.3 Å². The lowest BCUT2D eigenvalue weighted by atomic mass is 9.94. The maximum atomic E-state index is 13.0. The molecule has 1 amide bonds. The van der Waals surface area contributed by atoms with Crippen molar-refractivity contribution in [2.45, 2.75) is 25.8 Å². The van der Waals surface area contributed by atoms with Crippen LogP contribution < -0.4 is 4.90 Å². The summed E-state index contributed by atoms with van der Waals surface area (Å²) in [6.45, 7) is 3.44. The molecule has 4 rings (SSSR count). The van der Waals surface area contributed by atoms with Gasteiger partial charge in [-0.25, -0.2) is 4.98 Å². The van der Waals surface area contributed by atoms with Crippen LogP contribution in [0.4, 0.5) is 5.13 Å². The number of aromatic nitrogens is 1. The Morgan fingerprint density at radius 2 is 2.09 bits per heavy atom. The van der Waals surface area contributed by atoms with Gasteiger partial charge in [-0.3, -0.25) is 4.79 Å². The Morgan fingerprint density at radius 1 is 1.22 bits per heavy atom. The molecule has 0 aliphatic carbocycles. The molecule has 5 heteroatoms. The smallest absolute Gasteiger partial charge is 0.227 e. The van der Waals surface area contributed by atoms with Crippen LogP contribution in [0.1, 0.15) is 24.0 Å². The lowest BCUT2D eigenvalue weighted by Gasteiger charge is -2.36. The Kier molecular flexibility index (Phi) is 4.04. The second-order valence-electron chi connectivity index (χ2n) is 6.38. The van der Waals surface area contributed by atoms with Crippen LogP contribution in [0.5, 0.6) is 0 Å². The van der Waals surface area contributed by atoms with E-state index in [0.29, 0.717) is 5.91 Å². The number of nitrogens with zero attached hydrogens (tertiary/aromatic N) is 3. The molecule has 1 saturated heterocycles. The molecule has 4 nitrogen and oxygen atoms in total. The summed E-state index contributed by atoms with van der Waals surface area (Å²) in [5, 5.41) is 3.05. The van der Waals surface area contributed by atoms with Crippen LogP contribution >= 0.6 is 11.3 Å². The van der Waals surface area contributed by atoms with E-state index in [0.717, 1.165) is 50.6 Å². The Labute approximate surface area is 140 Å². The molecule has 2 aliphatic heterocycles. The summed E-state index contributed by atoms with van der Waals surface area (Å²) in [5.74, 6) is 0.429. The first-order chi connectivity index (χ1) is 11.3. The van der Waals surface area contributed by atoms with Crippen molar-refractivity contribution in [3.8, 4) is 0 Å². The highest BCUT2D eigenvalue weighted by molar-refractivity contribution is 7.13. The van der Waals surface area contributed by atoms with E-state index in [2.05, 4.69) is 39.0 Å². The van der Waals surface area contributed by atoms with Crippen LogP contribution in [0.25, 0.3) is 0 Å². The van der Waals surface area contributed by atoms with Crippen molar-refractivity contribution in [2.75, 3.05) is 24.5 Å². The molecule has 120 valence electrons. The van der Waals surface area contributed by atoms with E-state index in [4.69, 9.17) is 0 Å². The highest BCUT2D eigenvalue weighted by atomic mass is 32.1. The van der Waals surface area contributed by atoms with Crippen LogP contribution in [-0.2, 0) is 17.8 Å². The molecule has 1 unspecified atom stereocenters. The third-order valence-electron chi connectivity index (χ3n) is 4.90. The average molecular weight is 327 g/mol. The molecule has 1 atom stereocenters.